The van der Waals surface area contributed by atoms with E-state index in [4.69, 9.17) is 5.73 Å². The van der Waals surface area contributed by atoms with Gasteiger partial charge in [0.25, 0.3) is 11.6 Å². The molecule has 0 bridgehead atoms. The Bertz CT molecular complexity index is 452. The van der Waals surface area contributed by atoms with E-state index in [9.17, 15) is 14.9 Å². The Kier molecular flexibility index (Phi) is 7.71. The van der Waals surface area contributed by atoms with Gasteiger partial charge in [-0.05, 0) is 25.5 Å². The number of nitrogens with two attached hydrogens (primary N) is 1. The maximum absolute atomic E-state index is 11.7. The monoisotopic (exact) mass is 287 g/mol. The van der Waals surface area contributed by atoms with Crippen LogP contribution < -0.4 is 11.1 Å². The lowest BCUT2D eigenvalue weighted by molar-refractivity contribution is -0.385. The predicted molar refractivity (Wildman–Crippen MR) is 75.7 cm³/mol. The number of nitrogens with one attached hydrogen (secondary N) is 1. The molecule has 6 nitrogen and oxygen atoms in total. The Balaban J connectivity index is 0.00000324. The molecule has 1 rings (SSSR count). The number of hydrogen-bond donors (Lipinski definition) is 2. The molecule has 3 N–H and O–H groups in total. The summed E-state index contributed by atoms with van der Waals surface area (Å²) in [5.74, 6) is -0.311. The largest absolute Gasteiger partial charge is 0.352 e. The van der Waals surface area contributed by atoms with Crippen molar-refractivity contribution in [3.05, 3.63) is 39.4 Å². The highest BCUT2D eigenvalue weighted by Gasteiger charge is 2.15. The number of carbonyl (C=O) groups is 1. The number of nitro groups is 1. The van der Waals surface area contributed by atoms with Crippen LogP contribution in [0.1, 0.15) is 29.3 Å². The first-order chi connectivity index (χ1) is 8.60. The summed E-state index contributed by atoms with van der Waals surface area (Å²) in [7, 11) is 0. The van der Waals surface area contributed by atoms with E-state index in [-0.39, 0.29) is 24.0 Å². The van der Waals surface area contributed by atoms with Gasteiger partial charge >= 0.3 is 0 Å². The first kappa shape index (κ1) is 17.3. The fourth-order valence-corrected chi connectivity index (χ4v) is 1.58. The average molecular weight is 288 g/mol. The van der Waals surface area contributed by atoms with Gasteiger partial charge < -0.3 is 11.1 Å². The molecule has 7 heteroatoms. The number of benzene rings is 1. The lowest BCUT2D eigenvalue weighted by Crippen LogP contribution is -2.26. The summed E-state index contributed by atoms with van der Waals surface area (Å²) in [5, 5.41) is 13.5. The molecule has 0 saturated carbocycles. The van der Waals surface area contributed by atoms with Gasteiger partial charge in [0.05, 0.1) is 4.92 Å². The van der Waals surface area contributed by atoms with Crippen LogP contribution in [0.15, 0.2) is 18.2 Å². The number of carbonyl (C=O) groups excluding carboxylic acids is 1. The van der Waals surface area contributed by atoms with Gasteiger partial charge in [-0.25, -0.2) is 0 Å². The summed E-state index contributed by atoms with van der Waals surface area (Å²) < 4.78 is 0. The summed E-state index contributed by atoms with van der Waals surface area (Å²) in [6.45, 7) is 2.80. The molecule has 1 aromatic carbocycles. The van der Waals surface area contributed by atoms with Crippen LogP contribution in [0.3, 0.4) is 0 Å². The molecular formula is C12H18ClN3O3. The van der Waals surface area contributed by atoms with E-state index >= 15 is 0 Å². The van der Waals surface area contributed by atoms with Crippen molar-refractivity contribution in [1.82, 2.24) is 5.32 Å². The van der Waals surface area contributed by atoms with E-state index in [2.05, 4.69) is 5.32 Å². The Morgan fingerprint density at radius 1 is 1.47 bits per heavy atom. The minimum Gasteiger partial charge on any atom is -0.352 e. The molecule has 0 aliphatic rings. The molecule has 0 aliphatic carbocycles. The van der Waals surface area contributed by atoms with Gasteiger partial charge in [0.2, 0.25) is 0 Å². The number of aryl methyl sites for hydroxylation is 1. The third-order valence-electron chi connectivity index (χ3n) is 2.59. The van der Waals surface area contributed by atoms with Gasteiger partial charge in [-0.15, -0.1) is 12.4 Å². The van der Waals surface area contributed by atoms with Crippen molar-refractivity contribution in [3.63, 3.8) is 0 Å². The predicted octanol–water partition coefficient (Wildman–Crippen LogP) is 1.66. The third-order valence-corrected chi connectivity index (χ3v) is 2.59. The Hall–Kier alpha value is -1.66. The standard InChI is InChI=1S/C12H17N3O3.ClH/c1-2-9-4-5-10(8-11(9)15(17)18)12(16)14-7-3-6-13;/h4-5,8H,2-3,6-7,13H2,1H3,(H,14,16);1H. The van der Waals surface area contributed by atoms with Crippen molar-refractivity contribution < 1.29 is 9.72 Å². The minimum absolute atomic E-state index is 0. The van der Waals surface area contributed by atoms with Gasteiger partial charge in [0.1, 0.15) is 0 Å². The van der Waals surface area contributed by atoms with Gasteiger partial charge in [-0.3, -0.25) is 14.9 Å². The smallest absolute Gasteiger partial charge is 0.273 e. The van der Waals surface area contributed by atoms with E-state index in [0.29, 0.717) is 37.1 Å². The zero-order chi connectivity index (χ0) is 13.5. The van der Waals surface area contributed by atoms with Crippen LogP contribution in [0.4, 0.5) is 5.69 Å². The molecule has 0 aliphatic heterocycles. The fraction of sp³-hybridized carbons (Fsp3) is 0.417. The molecule has 0 aromatic heterocycles. The number of hydrogen-bond acceptors (Lipinski definition) is 4. The summed E-state index contributed by atoms with van der Waals surface area (Å²) >= 11 is 0. The zero-order valence-electron chi connectivity index (χ0n) is 10.7. The van der Waals surface area contributed by atoms with E-state index < -0.39 is 4.92 Å². The van der Waals surface area contributed by atoms with Crippen molar-refractivity contribution >= 4 is 24.0 Å². The van der Waals surface area contributed by atoms with Gasteiger partial charge in [0, 0.05) is 23.7 Å². The van der Waals surface area contributed by atoms with Crippen LogP contribution >= 0.6 is 12.4 Å². The second-order valence-electron chi connectivity index (χ2n) is 3.85. The molecule has 0 radical (unpaired) electrons. The van der Waals surface area contributed by atoms with E-state index in [1.165, 1.54) is 6.07 Å². The molecule has 1 amide bonds. The highest BCUT2D eigenvalue weighted by atomic mass is 35.5. The van der Waals surface area contributed by atoms with Crippen molar-refractivity contribution in [2.24, 2.45) is 5.73 Å². The molecule has 1 aromatic rings. The quantitative estimate of drug-likeness (QED) is 0.472. The van der Waals surface area contributed by atoms with Crippen LogP contribution in [0.25, 0.3) is 0 Å². The van der Waals surface area contributed by atoms with Crippen molar-refractivity contribution in [2.45, 2.75) is 19.8 Å². The molecule has 0 heterocycles. The first-order valence-electron chi connectivity index (χ1n) is 5.85. The highest BCUT2D eigenvalue weighted by Crippen LogP contribution is 2.20. The number of rotatable bonds is 6. The molecule has 0 fully saturated rings. The number of nitro benzene ring substituents is 1. The molecular weight excluding hydrogens is 270 g/mol. The molecule has 0 atom stereocenters. The zero-order valence-corrected chi connectivity index (χ0v) is 11.5. The van der Waals surface area contributed by atoms with E-state index in [1.54, 1.807) is 12.1 Å². The topological polar surface area (TPSA) is 98.3 Å². The molecule has 0 spiro atoms. The Labute approximate surface area is 117 Å². The summed E-state index contributed by atoms with van der Waals surface area (Å²) in [5.41, 5.74) is 6.23. The lowest BCUT2D eigenvalue weighted by atomic mass is 10.1. The fourth-order valence-electron chi connectivity index (χ4n) is 1.58. The van der Waals surface area contributed by atoms with Crippen LogP contribution in [0.2, 0.25) is 0 Å². The first-order valence-corrected chi connectivity index (χ1v) is 5.85. The highest BCUT2D eigenvalue weighted by molar-refractivity contribution is 5.94. The van der Waals surface area contributed by atoms with Crippen molar-refractivity contribution in [1.29, 1.82) is 0 Å². The van der Waals surface area contributed by atoms with Gasteiger partial charge in [-0.2, -0.15) is 0 Å². The van der Waals surface area contributed by atoms with Crippen molar-refractivity contribution in [2.75, 3.05) is 13.1 Å². The summed E-state index contributed by atoms with van der Waals surface area (Å²) in [6.07, 6.45) is 1.24. The Morgan fingerprint density at radius 3 is 2.68 bits per heavy atom. The van der Waals surface area contributed by atoms with Crippen molar-refractivity contribution in [3.8, 4) is 0 Å². The average Bonchev–Trinajstić information content (AvgIpc) is 2.38. The number of halogens is 1. The molecule has 19 heavy (non-hydrogen) atoms. The van der Waals surface area contributed by atoms with Crippen LogP contribution in [-0.2, 0) is 6.42 Å². The third kappa shape index (κ3) is 4.84. The minimum atomic E-state index is -0.463. The Morgan fingerprint density at radius 2 is 2.16 bits per heavy atom. The maximum atomic E-state index is 11.7. The normalized spacial score (nSPS) is 9.58. The molecule has 106 valence electrons. The lowest BCUT2D eigenvalue weighted by Gasteiger charge is -2.06. The van der Waals surface area contributed by atoms with Gasteiger partial charge in [-0.1, -0.05) is 13.0 Å². The SMILES string of the molecule is CCc1ccc(C(=O)NCCCN)cc1[N+](=O)[O-].Cl. The number of amides is 1. The summed E-state index contributed by atoms with van der Waals surface area (Å²) in [6, 6.07) is 4.54. The van der Waals surface area contributed by atoms with Crippen LogP contribution in [0, 0.1) is 10.1 Å². The second kappa shape index (κ2) is 8.44. The van der Waals surface area contributed by atoms with Gasteiger partial charge in [0.15, 0.2) is 0 Å². The maximum Gasteiger partial charge on any atom is 0.273 e. The van der Waals surface area contributed by atoms with E-state index in [1.807, 2.05) is 6.92 Å². The molecule has 0 unspecified atom stereocenters. The number of nitrogens with zero attached hydrogens (tertiary/aromatic N) is 1. The second-order valence-corrected chi connectivity index (χ2v) is 3.85. The molecule has 0 saturated heterocycles. The summed E-state index contributed by atoms with van der Waals surface area (Å²) in [4.78, 5) is 22.1. The van der Waals surface area contributed by atoms with E-state index in [0.717, 1.165) is 0 Å². The van der Waals surface area contributed by atoms with Crippen LogP contribution in [0.5, 0.6) is 0 Å². The van der Waals surface area contributed by atoms with Crippen LogP contribution in [-0.4, -0.2) is 23.9 Å².